The Morgan fingerprint density at radius 2 is 2.16 bits per heavy atom. The van der Waals surface area contributed by atoms with E-state index in [-0.39, 0.29) is 17.9 Å². The van der Waals surface area contributed by atoms with Crippen molar-refractivity contribution in [1.82, 2.24) is 10.2 Å². The molecule has 0 aromatic carbocycles. The van der Waals surface area contributed by atoms with E-state index in [9.17, 15) is 9.59 Å². The van der Waals surface area contributed by atoms with Crippen molar-refractivity contribution in [2.45, 2.75) is 25.8 Å². The molecule has 0 aliphatic carbocycles. The molecule has 19 heavy (non-hydrogen) atoms. The molecule has 0 radical (unpaired) electrons. The van der Waals surface area contributed by atoms with Crippen LogP contribution in [0.3, 0.4) is 0 Å². The van der Waals surface area contributed by atoms with Crippen LogP contribution in [0.2, 0.25) is 0 Å². The fourth-order valence-electron chi connectivity index (χ4n) is 2.13. The first-order valence-electron chi connectivity index (χ1n) is 6.41. The zero-order chi connectivity index (χ0) is 13.7. The molecule has 2 amide bonds. The van der Waals surface area contributed by atoms with E-state index in [1.165, 1.54) is 0 Å². The number of carbonyl (C=O) groups is 2. The number of likely N-dealkylation sites (tertiary alicyclic amines) is 1. The molecule has 1 aliphatic rings. The summed E-state index contributed by atoms with van der Waals surface area (Å²) in [6.45, 7) is 3.05. The van der Waals surface area contributed by atoms with Gasteiger partial charge in [0.1, 0.15) is 0 Å². The Labute approximate surface area is 117 Å². The number of hydrogen-bond donors (Lipinski definition) is 1. The number of piperidine rings is 1. The van der Waals surface area contributed by atoms with Gasteiger partial charge in [0.05, 0.1) is 0 Å². The Kier molecular flexibility index (Phi) is 4.74. The summed E-state index contributed by atoms with van der Waals surface area (Å²) in [7, 11) is 0. The highest BCUT2D eigenvalue weighted by molar-refractivity contribution is 7.08. The van der Waals surface area contributed by atoms with Gasteiger partial charge in [-0.2, -0.15) is 11.3 Å². The third kappa shape index (κ3) is 4.21. The van der Waals surface area contributed by atoms with Crippen LogP contribution in [0.5, 0.6) is 0 Å². The minimum Gasteiger partial charge on any atom is -0.350 e. The lowest BCUT2D eigenvalue weighted by Crippen LogP contribution is -2.45. The van der Waals surface area contributed by atoms with Crippen molar-refractivity contribution in [3.63, 3.8) is 0 Å². The van der Waals surface area contributed by atoms with Gasteiger partial charge in [-0.25, -0.2) is 0 Å². The predicted octanol–water partition coefficient (Wildman–Crippen LogP) is 1.89. The Balaban J connectivity index is 1.76. The van der Waals surface area contributed by atoms with Crippen molar-refractivity contribution in [1.29, 1.82) is 0 Å². The summed E-state index contributed by atoms with van der Waals surface area (Å²) in [5.41, 5.74) is 1.05. The van der Waals surface area contributed by atoms with Gasteiger partial charge >= 0.3 is 0 Å². The molecule has 2 rings (SSSR count). The first-order valence-corrected chi connectivity index (χ1v) is 7.36. The van der Waals surface area contributed by atoms with Crippen LogP contribution in [-0.4, -0.2) is 35.8 Å². The highest BCUT2D eigenvalue weighted by atomic mass is 32.1. The average Bonchev–Trinajstić information content (AvgIpc) is 2.90. The smallest absolute Gasteiger partial charge is 0.244 e. The standard InChI is InChI=1S/C14H18N2O2S/c1-11(17)16-7-4-13(5-8-16)15-14(18)3-2-12-6-9-19-10-12/h2-3,6,9-10,13H,4-5,7-8H2,1H3,(H,15,18). The van der Waals surface area contributed by atoms with E-state index in [1.54, 1.807) is 24.3 Å². The van der Waals surface area contributed by atoms with Crippen molar-refractivity contribution >= 4 is 29.2 Å². The lowest BCUT2D eigenvalue weighted by atomic mass is 10.1. The minimum atomic E-state index is -0.0625. The van der Waals surface area contributed by atoms with Gasteiger partial charge in [0, 0.05) is 32.1 Å². The summed E-state index contributed by atoms with van der Waals surface area (Å²) in [6.07, 6.45) is 5.05. The highest BCUT2D eigenvalue weighted by Crippen LogP contribution is 2.11. The van der Waals surface area contributed by atoms with E-state index < -0.39 is 0 Å². The Morgan fingerprint density at radius 1 is 1.42 bits per heavy atom. The van der Waals surface area contributed by atoms with Gasteiger partial charge in [-0.05, 0) is 41.3 Å². The van der Waals surface area contributed by atoms with E-state index in [2.05, 4.69) is 5.32 Å². The van der Waals surface area contributed by atoms with E-state index in [0.717, 1.165) is 31.5 Å². The van der Waals surface area contributed by atoms with Crippen molar-refractivity contribution in [2.75, 3.05) is 13.1 Å². The molecule has 1 saturated heterocycles. The lowest BCUT2D eigenvalue weighted by Gasteiger charge is -2.31. The van der Waals surface area contributed by atoms with Crippen LogP contribution in [0.1, 0.15) is 25.3 Å². The molecule has 0 atom stereocenters. The monoisotopic (exact) mass is 278 g/mol. The average molecular weight is 278 g/mol. The fraction of sp³-hybridized carbons (Fsp3) is 0.429. The first-order chi connectivity index (χ1) is 9.15. The van der Waals surface area contributed by atoms with Crippen LogP contribution in [0.15, 0.2) is 22.9 Å². The molecule has 5 heteroatoms. The number of hydrogen-bond acceptors (Lipinski definition) is 3. The van der Waals surface area contributed by atoms with Crippen LogP contribution in [0.4, 0.5) is 0 Å². The molecule has 1 aromatic heterocycles. The van der Waals surface area contributed by atoms with Crippen LogP contribution in [-0.2, 0) is 9.59 Å². The van der Waals surface area contributed by atoms with Crippen LogP contribution < -0.4 is 5.32 Å². The summed E-state index contributed by atoms with van der Waals surface area (Å²) < 4.78 is 0. The zero-order valence-electron chi connectivity index (χ0n) is 11.0. The summed E-state index contributed by atoms with van der Waals surface area (Å²) >= 11 is 1.61. The third-order valence-corrected chi connectivity index (χ3v) is 3.96. The van der Waals surface area contributed by atoms with Crippen molar-refractivity contribution in [3.8, 4) is 0 Å². The summed E-state index contributed by atoms with van der Waals surface area (Å²) in [6, 6.07) is 2.15. The number of nitrogens with one attached hydrogen (secondary N) is 1. The Hall–Kier alpha value is -1.62. The molecule has 102 valence electrons. The summed E-state index contributed by atoms with van der Waals surface area (Å²) in [5.74, 6) is 0.0506. The molecule has 2 heterocycles. The number of thiophene rings is 1. The van der Waals surface area contributed by atoms with E-state index in [4.69, 9.17) is 0 Å². The zero-order valence-corrected chi connectivity index (χ0v) is 11.8. The number of rotatable bonds is 3. The molecular formula is C14H18N2O2S. The second-order valence-electron chi connectivity index (χ2n) is 4.68. The summed E-state index contributed by atoms with van der Waals surface area (Å²) in [5, 5.41) is 6.96. The van der Waals surface area contributed by atoms with Gasteiger partial charge in [0.15, 0.2) is 0 Å². The quantitative estimate of drug-likeness (QED) is 0.858. The number of carbonyl (C=O) groups excluding carboxylic acids is 2. The number of amides is 2. The number of nitrogens with zero attached hydrogens (tertiary/aromatic N) is 1. The molecule has 0 unspecified atom stereocenters. The molecular weight excluding hydrogens is 260 g/mol. The molecule has 0 bridgehead atoms. The van der Waals surface area contributed by atoms with Gasteiger partial charge in [-0.15, -0.1) is 0 Å². The van der Waals surface area contributed by atoms with Gasteiger partial charge < -0.3 is 10.2 Å². The Morgan fingerprint density at radius 3 is 2.74 bits per heavy atom. The normalized spacial score (nSPS) is 16.8. The first kappa shape index (κ1) is 13.8. The van der Waals surface area contributed by atoms with Gasteiger partial charge in [-0.3, -0.25) is 9.59 Å². The largest absolute Gasteiger partial charge is 0.350 e. The highest BCUT2D eigenvalue weighted by Gasteiger charge is 2.21. The fourth-order valence-corrected chi connectivity index (χ4v) is 2.76. The maximum Gasteiger partial charge on any atom is 0.244 e. The maximum atomic E-state index is 11.7. The van der Waals surface area contributed by atoms with E-state index in [1.807, 2.05) is 27.8 Å². The molecule has 1 aliphatic heterocycles. The summed E-state index contributed by atoms with van der Waals surface area (Å²) in [4.78, 5) is 24.8. The predicted molar refractivity (Wildman–Crippen MR) is 76.8 cm³/mol. The van der Waals surface area contributed by atoms with Gasteiger partial charge in [0.25, 0.3) is 0 Å². The van der Waals surface area contributed by atoms with Crippen molar-refractivity contribution in [3.05, 3.63) is 28.5 Å². The third-order valence-electron chi connectivity index (χ3n) is 3.26. The van der Waals surface area contributed by atoms with Crippen LogP contribution in [0, 0.1) is 0 Å². The second-order valence-corrected chi connectivity index (χ2v) is 5.46. The minimum absolute atomic E-state index is 0.0625. The molecule has 0 spiro atoms. The van der Waals surface area contributed by atoms with Gasteiger partial charge in [-0.1, -0.05) is 0 Å². The lowest BCUT2D eigenvalue weighted by molar-refractivity contribution is -0.129. The SMILES string of the molecule is CC(=O)N1CCC(NC(=O)C=Cc2ccsc2)CC1. The van der Waals surface area contributed by atoms with E-state index in [0.29, 0.717) is 0 Å². The van der Waals surface area contributed by atoms with Crippen molar-refractivity contribution in [2.24, 2.45) is 0 Å². The maximum absolute atomic E-state index is 11.7. The molecule has 1 fully saturated rings. The van der Waals surface area contributed by atoms with Crippen LogP contribution >= 0.6 is 11.3 Å². The Bertz CT molecular complexity index is 460. The second kappa shape index (κ2) is 6.52. The van der Waals surface area contributed by atoms with Gasteiger partial charge in [0.2, 0.25) is 11.8 Å². The molecule has 1 aromatic rings. The van der Waals surface area contributed by atoms with Crippen molar-refractivity contribution < 1.29 is 9.59 Å². The molecule has 0 saturated carbocycles. The molecule has 1 N–H and O–H groups in total. The molecule has 4 nitrogen and oxygen atoms in total. The topological polar surface area (TPSA) is 49.4 Å². The van der Waals surface area contributed by atoms with Crippen LogP contribution in [0.25, 0.3) is 6.08 Å². The van der Waals surface area contributed by atoms with E-state index >= 15 is 0 Å².